The van der Waals surface area contributed by atoms with Crippen molar-refractivity contribution < 1.29 is 19.1 Å². The zero-order chi connectivity index (χ0) is 14.3. The molecule has 2 bridgehead atoms. The van der Waals surface area contributed by atoms with Gasteiger partial charge in [0.05, 0.1) is 7.11 Å². The molecule has 2 aliphatic rings. The summed E-state index contributed by atoms with van der Waals surface area (Å²) in [5, 5.41) is 3.20. The lowest BCUT2D eigenvalue weighted by Crippen LogP contribution is -2.66. The Bertz CT molecular complexity index is 392. The number of carbonyl (C=O) groups is 2. The number of fused-ring (bicyclic) bond motifs is 2. The zero-order valence-corrected chi connectivity index (χ0v) is 13.2. The predicted octanol–water partition coefficient (Wildman–Crippen LogP) is 1.32. The normalized spacial score (nSPS) is 28.6. The molecule has 20 heavy (non-hydrogen) atoms. The van der Waals surface area contributed by atoms with Gasteiger partial charge in [0.15, 0.2) is 5.54 Å². The highest BCUT2D eigenvalue weighted by molar-refractivity contribution is 5.87. The van der Waals surface area contributed by atoms with Gasteiger partial charge in [-0.2, -0.15) is 0 Å². The van der Waals surface area contributed by atoms with Crippen LogP contribution in [0.2, 0.25) is 0 Å². The van der Waals surface area contributed by atoms with Crippen molar-refractivity contribution in [2.45, 2.75) is 50.8 Å². The number of nitrogens with zero attached hydrogens (tertiary/aromatic N) is 1. The second-order valence-electron chi connectivity index (χ2n) is 6.20. The van der Waals surface area contributed by atoms with Crippen LogP contribution in [0, 0.1) is 0 Å². The average Bonchev–Trinajstić information content (AvgIpc) is 2.54. The lowest BCUT2D eigenvalue weighted by Gasteiger charge is -2.42. The first-order chi connectivity index (χ1) is 8.80. The molecule has 2 heterocycles. The molecule has 1 N–H and O–H groups in total. The number of rotatable bonds is 1. The molecule has 0 aliphatic carbocycles. The van der Waals surface area contributed by atoms with E-state index in [4.69, 9.17) is 9.47 Å². The smallest absolute Gasteiger partial charge is 0.411 e. The molecule has 116 valence electrons. The van der Waals surface area contributed by atoms with Crippen LogP contribution < -0.4 is 5.32 Å². The molecule has 7 heteroatoms. The molecule has 2 unspecified atom stereocenters. The van der Waals surface area contributed by atoms with Crippen LogP contribution in [0.3, 0.4) is 0 Å². The van der Waals surface area contributed by atoms with Crippen molar-refractivity contribution >= 4 is 24.5 Å². The predicted molar refractivity (Wildman–Crippen MR) is 76.0 cm³/mol. The van der Waals surface area contributed by atoms with Gasteiger partial charge in [-0.15, -0.1) is 12.4 Å². The Morgan fingerprint density at radius 2 is 2.00 bits per heavy atom. The Morgan fingerprint density at radius 3 is 2.55 bits per heavy atom. The minimum absolute atomic E-state index is 0. The van der Waals surface area contributed by atoms with E-state index in [9.17, 15) is 9.59 Å². The first-order valence-corrected chi connectivity index (χ1v) is 6.61. The first kappa shape index (κ1) is 17.0. The third-order valence-electron chi connectivity index (χ3n) is 3.67. The van der Waals surface area contributed by atoms with E-state index in [1.54, 1.807) is 4.90 Å². The summed E-state index contributed by atoms with van der Waals surface area (Å²) in [6, 6.07) is 0.00250. The summed E-state index contributed by atoms with van der Waals surface area (Å²) in [7, 11) is 1.35. The van der Waals surface area contributed by atoms with Crippen LogP contribution >= 0.6 is 12.4 Å². The molecule has 1 amide bonds. The Hall–Kier alpha value is -1.01. The van der Waals surface area contributed by atoms with E-state index in [0.29, 0.717) is 19.5 Å². The van der Waals surface area contributed by atoms with E-state index in [-0.39, 0.29) is 24.4 Å². The van der Waals surface area contributed by atoms with Crippen LogP contribution in [0.5, 0.6) is 0 Å². The largest absolute Gasteiger partial charge is 0.467 e. The van der Waals surface area contributed by atoms with E-state index >= 15 is 0 Å². The Labute approximate surface area is 125 Å². The van der Waals surface area contributed by atoms with Gasteiger partial charge in [0, 0.05) is 19.1 Å². The molecule has 2 rings (SSSR count). The molecule has 0 aromatic carbocycles. The number of piperazine rings is 1. The maximum absolute atomic E-state index is 12.4. The van der Waals surface area contributed by atoms with Crippen molar-refractivity contribution in [3.05, 3.63) is 0 Å². The SMILES string of the molecule is COC(=O)C12CCC(CNC1)N2C(=O)OC(C)(C)C.Cl. The van der Waals surface area contributed by atoms with Crippen molar-refractivity contribution in [1.29, 1.82) is 0 Å². The van der Waals surface area contributed by atoms with Gasteiger partial charge in [0.2, 0.25) is 0 Å². The van der Waals surface area contributed by atoms with Crippen molar-refractivity contribution in [2.75, 3.05) is 20.2 Å². The number of halogens is 1. The van der Waals surface area contributed by atoms with Crippen molar-refractivity contribution in [3.63, 3.8) is 0 Å². The fraction of sp³-hybridized carbons (Fsp3) is 0.846. The molecule has 0 saturated carbocycles. The first-order valence-electron chi connectivity index (χ1n) is 6.61. The lowest BCUT2D eigenvalue weighted by atomic mass is 9.96. The zero-order valence-electron chi connectivity index (χ0n) is 12.4. The molecule has 0 radical (unpaired) electrons. The van der Waals surface area contributed by atoms with Gasteiger partial charge in [-0.3, -0.25) is 4.90 Å². The van der Waals surface area contributed by atoms with E-state index in [1.807, 2.05) is 20.8 Å². The summed E-state index contributed by atoms with van der Waals surface area (Å²) in [4.78, 5) is 26.1. The number of amides is 1. The third kappa shape index (κ3) is 2.86. The highest BCUT2D eigenvalue weighted by Gasteiger charge is 2.57. The summed E-state index contributed by atoms with van der Waals surface area (Å²) in [6.45, 7) is 6.58. The molecule has 2 fully saturated rings. The highest BCUT2D eigenvalue weighted by Crippen LogP contribution is 2.38. The van der Waals surface area contributed by atoms with Crippen LogP contribution in [0.25, 0.3) is 0 Å². The molecule has 0 aromatic rings. The average molecular weight is 307 g/mol. The summed E-state index contributed by atoms with van der Waals surface area (Å²) in [5.74, 6) is -0.368. The van der Waals surface area contributed by atoms with Gasteiger partial charge in [-0.1, -0.05) is 0 Å². The standard InChI is InChI=1S/C13H22N2O4.ClH/c1-12(2,3)19-11(17)15-9-5-6-13(15,8-14-7-9)10(16)18-4;/h9,14H,5-8H2,1-4H3;1H. The second kappa shape index (κ2) is 5.77. The Morgan fingerprint density at radius 1 is 1.35 bits per heavy atom. The van der Waals surface area contributed by atoms with Gasteiger partial charge in [0.25, 0.3) is 0 Å². The molecule has 0 spiro atoms. The van der Waals surface area contributed by atoms with E-state index < -0.39 is 17.2 Å². The topological polar surface area (TPSA) is 67.9 Å². The molecule has 2 saturated heterocycles. The number of carbonyl (C=O) groups excluding carboxylic acids is 2. The summed E-state index contributed by atoms with van der Waals surface area (Å²) < 4.78 is 10.3. The summed E-state index contributed by atoms with van der Waals surface area (Å²) in [5.41, 5.74) is -1.47. The second-order valence-corrected chi connectivity index (χ2v) is 6.20. The lowest BCUT2D eigenvalue weighted by molar-refractivity contribution is -0.155. The van der Waals surface area contributed by atoms with Crippen LogP contribution in [0.15, 0.2) is 0 Å². The molecular weight excluding hydrogens is 284 g/mol. The van der Waals surface area contributed by atoms with Crippen LogP contribution in [0.4, 0.5) is 4.79 Å². The van der Waals surface area contributed by atoms with Crippen LogP contribution in [-0.4, -0.2) is 54.3 Å². The van der Waals surface area contributed by atoms with Crippen molar-refractivity contribution in [3.8, 4) is 0 Å². The van der Waals surface area contributed by atoms with Gasteiger partial charge in [0.1, 0.15) is 5.60 Å². The quantitative estimate of drug-likeness (QED) is 0.740. The van der Waals surface area contributed by atoms with Gasteiger partial charge < -0.3 is 14.8 Å². The van der Waals surface area contributed by atoms with Crippen molar-refractivity contribution in [1.82, 2.24) is 10.2 Å². The molecular formula is C13H23ClN2O4. The molecule has 6 nitrogen and oxygen atoms in total. The number of hydrogen-bond donors (Lipinski definition) is 1. The van der Waals surface area contributed by atoms with Crippen LogP contribution in [-0.2, 0) is 14.3 Å². The fourth-order valence-electron chi connectivity index (χ4n) is 2.91. The highest BCUT2D eigenvalue weighted by atomic mass is 35.5. The van der Waals surface area contributed by atoms with E-state index in [1.165, 1.54) is 7.11 Å². The third-order valence-corrected chi connectivity index (χ3v) is 3.67. The number of methoxy groups -OCH3 is 1. The number of hydrogen-bond acceptors (Lipinski definition) is 5. The summed E-state index contributed by atoms with van der Waals surface area (Å²) in [6.07, 6.45) is 0.986. The number of ether oxygens (including phenoxy) is 2. The maximum Gasteiger partial charge on any atom is 0.411 e. The molecule has 2 atom stereocenters. The van der Waals surface area contributed by atoms with E-state index in [0.717, 1.165) is 6.42 Å². The monoisotopic (exact) mass is 306 g/mol. The Kier molecular flexibility index (Phi) is 4.92. The van der Waals surface area contributed by atoms with Gasteiger partial charge >= 0.3 is 12.1 Å². The maximum atomic E-state index is 12.4. The Balaban J connectivity index is 0.00000200. The van der Waals surface area contributed by atoms with Gasteiger partial charge in [-0.25, -0.2) is 9.59 Å². The van der Waals surface area contributed by atoms with Crippen molar-refractivity contribution in [2.24, 2.45) is 0 Å². The van der Waals surface area contributed by atoms with E-state index in [2.05, 4.69) is 5.32 Å². The molecule has 0 aromatic heterocycles. The molecule has 2 aliphatic heterocycles. The van der Waals surface area contributed by atoms with Crippen LogP contribution in [0.1, 0.15) is 33.6 Å². The van der Waals surface area contributed by atoms with Gasteiger partial charge in [-0.05, 0) is 33.6 Å². The fourth-order valence-corrected chi connectivity index (χ4v) is 2.91. The minimum atomic E-state index is -0.903. The number of nitrogens with one attached hydrogen (secondary N) is 1. The number of esters is 1. The summed E-state index contributed by atoms with van der Waals surface area (Å²) >= 11 is 0. The minimum Gasteiger partial charge on any atom is -0.467 e.